The van der Waals surface area contributed by atoms with Gasteiger partial charge in [0.05, 0.1) is 5.92 Å². The molecule has 7 nitrogen and oxygen atoms in total. The summed E-state index contributed by atoms with van der Waals surface area (Å²) in [4.78, 5) is 40.6. The first kappa shape index (κ1) is 10.3. The van der Waals surface area contributed by atoms with Gasteiger partial charge in [-0.1, -0.05) is 0 Å². The van der Waals surface area contributed by atoms with Crippen LogP contribution in [0.25, 0.3) is 0 Å². The van der Waals surface area contributed by atoms with Gasteiger partial charge in [0, 0.05) is 25.2 Å². The highest BCUT2D eigenvalue weighted by molar-refractivity contribution is 5.97. The average molecular weight is 223 g/mol. The van der Waals surface area contributed by atoms with E-state index in [0.717, 1.165) is 0 Å². The van der Waals surface area contributed by atoms with Crippen molar-refractivity contribution in [1.82, 2.24) is 9.97 Å². The Balaban J connectivity index is 2.26. The van der Waals surface area contributed by atoms with Crippen molar-refractivity contribution in [2.75, 3.05) is 11.4 Å². The molecule has 1 saturated heterocycles. The number of hydrogen-bond donors (Lipinski definition) is 2. The van der Waals surface area contributed by atoms with Gasteiger partial charge in [-0.15, -0.1) is 0 Å². The molecule has 1 aliphatic heterocycles. The lowest BCUT2D eigenvalue weighted by Crippen LogP contribution is -2.29. The van der Waals surface area contributed by atoms with Gasteiger partial charge in [0.15, 0.2) is 0 Å². The van der Waals surface area contributed by atoms with Crippen molar-refractivity contribution in [2.24, 2.45) is 5.92 Å². The first-order valence-corrected chi connectivity index (χ1v) is 4.66. The van der Waals surface area contributed by atoms with Crippen molar-refractivity contribution in [3.05, 3.63) is 22.6 Å². The number of nitrogens with zero attached hydrogens (tertiary/aromatic N) is 2. The van der Waals surface area contributed by atoms with Crippen LogP contribution in [-0.2, 0) is 9.59 Å². The summed E-state index contributed by atoms with van der Waals surface area (Å²) < 4.78 is 0. The van der Waals surface area contributed by atoms with Crippen LogP contribution in [0.3, 0.4) is 0 Å². The summed E-state index contributed by atoms with van der Waals surface area (Å²) in [7, 11) is 0. The Labute approximate surface area is 89.7 Å². The molecule has 0 bridgehead atoms. The molecule has 1 aromatic rings. The molecule has 7 heteroatoms. The number of nitrogens with one attached hydrogen (secondary N) is 1. The number of carboxylic acid groups (broad SMARTS) is 1. The third-order valence-corrected chi connectivity index (χ3v) is 2.39. The second-order valence-electron chi connectivity index (χ2n) is 3.50. The molecular weight excluding hydrogens is 214 g/mol. The van der Waals surface area contributed by atoms with E-state index in [-0.39, 0.29) is 30.4 Å². The highest BCUT2D eigenvalue weighted by Crippen LogP contribution is 2.21. The first-order chi connectivity index (χ1) is 7.58. The van der Waals surface area contributed by atoms with Gasteiger partial charge >= 0.3 is 5.97 Å². The predicted octanol–water partition coefficient (Wildman–Crippen LogP) is -0.793. The molecule has 84 valence electrons. The van der Waals surface area contributed by atoms with Crippen molar-refractivity contribution in [1.29, 1.82) is 0 Å². The number of carbonyl (C=O) groups excluding carboxylic acids is 1. The Kier molecular flexibility index (Phi) is 2.43. The number of carbonyl (C=O) groups is 2. The number of carboxylic acids is 1. The van der Waals surface area contributed by atoms with Gasteiger partial charge in [-0.2, -0.15) is 0 Å². The van der Waals surface area contributed by atoms with Gasteiger partial charge in [0.25, 0.3) is 5.56 Å². The van der Waals surface area contributed by atoms with Gasteiger partial charge in [-0.25, -0.2) is 4.98 Å². The highest BCUT2D eigenvalue weighted by Gasteiger charge is 2.36. The van der Waals surface area contributed by atoms with Gasteiger partial charge in [0.1, 0.15) is 0 Å². The largest absolute Gasteiger partial charge is 0.481 e. The van der Waals surface area contributed by atoms with E-state index in [1.54, 1.807) is 0 Å². The number of anilines is 1. The van der Waals surface area contributed by atoms with Crippen LogP contribution >= 0.6 is 0 Å². The maximum absolute atomic E-state index is 11.5. The summed E-state index contributed by atoms with van der Waals surface area (Å²) in [5, 5.41) is 8.78. The molecule has 0 spiro atoms. The number of aromatic amines is 1. The summed E-state index contributed by atoms with van der Waals surface area (Å²) in [5.74, 6) is -2.00. The SMILES string of the molecule is O=C(O)C1CC(=O)N(c2nccc(=O)[nH]2)C1. The quantitative estimate of drug-likeness (QED) is 0.683. The van der Waals surface area contributed by atoms with Gasteiger partial charge in [0.2, 0.25) is 11.9 Å². The molecule has 0 radical (unpaired) electrons. The van der Waals surface area contributed by atoms with Gasteiger partial charge < -0.3 is 5.11 Å². The summed E-state index contributed by atoms with van der Waals surface area (Å²) in [6, 6.07) is 1.22. The normalized spacial score (nSPS) is 20.1. The van der Waals surface area contributed by atoms with Crippen LogP contribution in [-0.4, -0.2) is 33.5 Å². The molecule has 1 atom stereocenters. The molecule has 2 rings (SSSR count). The van der Waals surface area contributed by atoms with E-state index in [9.17, 15) is 14.4 Å². The predicted molar refractivity (Wildman–Crippen MR) is 53.0 cm³/mol. The monoisotopic (exact) mass is 223 g/mol. The Morgan fingerprint density at radius 2 is 2.31 bits per heavy atom. The maximum atomic E-state index is 11.5. The fourth-order valence-electron chi connectivity index (χ4n) is 1.57. The Morgan fingerprint density at radius 1 is 1.56 bits per heavy atom. The minimum Gasteiger partial charge on any atom is -0.481 e. The number of hydrogen-bond acceptors (Lipinski definition) is 4. The number of amides is 1. The molecule has 1 fully saturated rings. The molecule has 1 unspecified atom stereocenters. The zero-order valence-corrected chi connectivity index (χ0v) is 8.21. The standard InChI is InChI=1S/C9H9N3O4/c13-6-1-2-10-9(11-6)12-4-5(8(15)16)3-7(12)14/h1-2,5H,3-4H2,(H,15,16)(H,10,11,13). The maximum Gasteiger partial charge on any atom is 0.308 e. The molecule has 0 aromatic carbocycles. The van der Waals surface area contributed by atoms with E-state index in [4.69, 9.17) is 5.11 Å². The second kappa shape index (κ2) is 3.76. The van der Waals surface area contributed by atoms with E-state index in [1.165, 1.54) is 17.2 Å². The first-order valence-electron chi connectivity index (χ1n) is 4.66. The molecule has 0 aliphatic carbocycles. The molecule has 0 saturated carbocycles. The van der Waals surface area contributed by atoms with Crippen LogP contribution < -0.4 is 10.5 Å². The molecular formula is C9H9N3O4. The number of aromatic nitrogens is 2. The van der Waals surface area contributed by atoms with Crippen LogP contribution in [0.2, 0.25) is 0 Å². The lowest BCUT2D eigenvalue weighted by Gasteiger charge is -2.13. The summed E-state index contributed by atoms with van der Waals surface area (Å²) in [5.41, 5.74) is -0.378. The van der Waals surface area contributed by atoms with E-state index in [1.807, 2.05) is 0 Å². The molecule has 2 heterocycles. The highest BCUT2D eigenvalue weighted by atomic mass is 16.4. The van der Waals surface area contributed by atoms with Crippen molar-refractivity contribution in [3.63, 3.8) is 0 Å². The summed E-state index contributed by atoms with van der Waals surface area (Å²) in [6.45, 7) is 0.0428. The molecule has 2 N–H and O–H groups in total. The third kappa shape index (κ3) is 1.79. The third-order valence-electron chi connectivity index (χ3n) is 2.39. The van der Waals surface area contributed by atoms with Crippen molar-refractivity contribution in [2.45, 2.75) is 6.42 Å². The topological polar surface area (TPSA) is 103 Å². The lowest BCUT2D eigenvalue weighted by molar-refractivity contribution is -0.141. The van der Waals surface area contributed by atoms with Crippen LogP contribution in [0.5, 0.6) is 0 Å². The minimum absolute atomic E-state index is 0.0428. The molecule has 1 aliphatic rings. The van der Waals surface area contributed by atoms with Gasteiger partial charge in [-0.05, 0) is 0 Å². The van der Waals surface area contributed by atoms with Crippen LogP contribution in [0.15, 0.2) is 17.1 Å². The Hall–Kier alpha value is -2.18. The van der Waals surface area contributed by atoms with Crippen molar-refractivity contribution >= 4 is 17.8 Å². The minimum atomic E-state index is -1.02. The summed E-state index contributed by atoms with van der Waals surface area (Å²) >= 11 is 0. The smallest absolute Gasteiger partial charge is 0.308 e. The fourth-order valence-corrected chi connectivity index (χ4v) is 1.57. The van der Waals surface area contributed by atoms with E-state index in [2.05, 4.69) is 9.97 Å². The van der Waals surface area contributed by atoms with E-state index >= 15 is 0 Å². The van der Waals surface area contributed by atoms with Crippen molar-refractivity contribution < 1.29 is 14.7 Å². The zero-order chi connectivity index (χ0) is 11.7. The zero-order valence-electron chi connectivity index (χ0n) is 8.21. The van der Waals surface area contributed by atoms with Crippen molar-refractivity contribution in [3.8, 4) is 0 Å². The molecule has 1 aromatic heterocycles. The Morgan fingerprint density at radius 3 is 2.88 bits per heavy atom. The van der Waals surface area contributed by atoms with E-state index < -0.39 is 11.9 Å². The van der Waals surface area contributed by atoms with Gasteiger partial charge in [-0.3, -0.25) is 24.3 Å². The number of aliphatic carboxylic acids is 1. The number of H-pyrrole nitrogens is 1. The summed E-state index contributed by atoms with van der Waals surface area (Å²) in [6.07, 6.45) is 1.21. The Bertz CT molecular complexity index is 496. The van der Waals surface area contributed by atoms with E-state index in [0.29, 0.717) is 0 Å². The van der Waals surface area contributed by atoms with Crippen LogP contribution in [0.1, 0.15) is 6.42 Å². The fraction of sp³-hybridized carbons (Fsp3) is 0.333. The average Bonchev–Trinajstić information content (AvgIpc) is 2.60. The van der Waals surface area contributed by atoms with Crippen LogP contribution in [0.4, 0.5) is 5.95 Å². The second-order valence-corrected chi connectivity index (χ2v) is 3.50. The number of rotatable bonds is 2. The molecule has 1 amide bonds. The lowest BCUT2D eigenvalue weighted by atomic mass is 10.1. The molecule has 16 heavy (non-hydrogen) atoms. The van der Waals surface area contributed by atoms with Crippen LogP contribution in [0, 0.1) is 5.92 Å².